The standard InChI is InChI=1S/C37H30F6N4O/c1-23-13-15-46(16-14-23)22-34(48)44-28-8-3-6-25(18-28)12-11-24-5-2-7-26(17-24)36-29-9-4-10-31(37(41,42)43)35(29)45-47(36)21-30-32(39)19-27(38)20-33(30)40/h2-10,17-20,23H,13-16,21-22H2,1H3,(H,44,48). The number of aromatic nitrogens is 2. The van der Waals surface area contributed by atoms with E-state index in [-0.39, 0.29) is 17.0 Å². The number of carbonyl (C=O) groups is 1. The topological polar surface area (TPSA) is 50.2 Å². The third-order valence-corrected chi connectivity index (χ3v) is 8.37. The van der Waals surface area contributed by atoms with Crippen LogP contribution in [0.4, 0.5) is 32.0 Å². The molecule has 0 unspecified atom stereocenters. The maximum absolute atomic E-state index is 14.7. The molecular weight excluding hydrogens is 630 g/mol. The molecule has 1 aromatic heterocycles. The van der Waals surface area contributed by atoms with Crippen molar-refractivity contribution in [2.45, 2.75) is 32.5 Å². The lowest BCUT2D eigenvalue weighted by molar-refractivity contribution is -0.136. The molecule has 1 saturated heterocycles. The van der Waals surface area contributed by atoms with Gasteiger partial charge in [-0.15, -0.1) is 0 Å². The zero-order chi connectivity index (χ0) is 34.0. The number of hydrogen-bond acceptors (Lipinski definition) is 3. The van der Waals surface area contributed by atoms with Crippen LogP contribution in [-0.4, -0.2) is 40.2 Å². The Kier molecular flexibility index (Phi) is 9.29. The number of piperidine rings is 1. The van der Waals surface area contributed by atoms with Gasteiger partial charge < -0.3 is 5.32 Å². The molecule has 6 rings (SSSR count). The molecule has 2 heterocycles. The summed E-state index contributed by atoms with van der Waals surface area (Å²) >= 11 is 0. The third-order valence-electron chi connectivity index (χ3n) is 8.37. The highest BCUT2D eigenvalue weighted by atomic mass is 19.4. The third kappa shape index (κ3) is 7.39. The Bertz CT molecular complexity index is 2030. The average Bonchev–Trinajstić information content (AvgIpc) is 3.41. The molecule has 0 radical (unpaired) electrons. The Morgan fingerprint density at radius 3 is 2.23 bits per heavy atom. The van der Waals surface area contributed by atoms with E-state index < -0.39 is 46.8 Å². The second-order valence-corrected chi connectivity index (χ2v) is 12.0. The van der Waals surface area contributed by atoms with Gasteiger partial charge in [0.25, 0.3) is 0 Å². The summed E-state index contributed by atoms with van der Waals surface area (Å²) in [6, 6.07) is 18.3. The number of fused-ring (bicyclic) bond motifs is 1. The summed E-state index contributed by atoms with van der Waals surface area (Å²) < 4.78 is 85.8. The maximum Gasteiger partial charge on any atom is 0.418 e. The molecule has 0 bridgehead atoms. The number of hydrogen-bond donors (Lipinski definition) is 1. The molecule has 1 aliphatic rings. The molecule has 0 saturated carbocycles. The summed E-state index contributed by atoms with van der Waals surface area (Å²) in [7, 11) is 0. The molecule has 0 atom stereocenters. The first-order valence-corrected chi connectivity index (χ1v) is 15.4. The molecule has 0 spiro atoms. The number of nitrogens with one attached hydrogen (secondary N) is 1. The van der Waals surface area contributed by atoms with Crippen LogP contribution in [0.2, 0.25) is 0 Å². The van der Waals surface area contributed by atoms with Gasteiger partial charge in [0.2, 0.25) is 5.91 Å². The van der Waals surface area contributed by atoms with Crippen molar-refractivity contribution in [2.24, 2.45) is 5.92 Å². The van der Waals surface area contributed by atoms with E-state index in [0.29, 0.717) is 47.0 Å². The lowest BCUT2D eigenvalue weighted by Crippen LogP contribution is -2.38. The fraction of sp³-hybridized carbons (Fsp3) is 0.243. The van der Waals surface area contributed by atoms with Crippen molar-refractivity contribution < 1.29 is 31.1 Å². The van der Waals surface area contributed by atoms with Crippen LogP contribution in [0.25, 0.3) is 22.2 Å². The first-order valence-electron chi connectivity index (χ1n) is 15.4. The van der Waals surface area contributed by atoms with E-state index in [2.05, 4.69) is 34.1 Å². The fourth-order valence-corrected chi connectivity index (χ4v) is 5.86. The lowest BCUT2D eigenvalue weighted by atomic mass is 9.99. The van der Waals surface area contributed by atoms with E-state index in [1.54, 1.807) is 48.5 Å². The number of carbonyl (C=O) groups excluding carboxylic acids is 1. The molecule has 5 aromatic rings. The van der Waals surface area contributed by atoms with Gasteiger partial charge in [-0.3, -0.25) is 14.4 Å². The predicted octanol–water partition coefficient (Wildman–Crippen LogP) is 8.26. The Labute approximate surface area is 273 Å². The first kappa shape index (κ1) is 32.8. The van der Waals surface area contributed by atoms with E-state index >= 15 is 0 Å². The minimum atomic E-state index is -4.74. The van der Waals surface area contributed by atoms with Crippen LogP contribution in [0, 0.1) is 35.2 Å². The van der Waals surface area contributed by atoms with Gasteiger partial charge in [-0.2, -0.15) is 18.3 Å². The maximum atomic E-state index is 14.7. The van der Waals surface area contributed by atoms with Crippen LogP contribution in [0.15, 0.2) is 78.9 Å². The predicted molar refractivity (Wildman–Crippen MR) is 171 cm³/mol. The van der Waals surface area contributed by atoms with E-state index in [0.717, 1.165) is 36.7 Å². The number of nitrogens with zero attached hydrogens (tertiary/aromatic N) is 3. The Morgan fingerprint density at radius 1 is 0.896 bits per heavy atom. The molecule has 5 nitrogen and oxygen atoms in total. The van der Waals surface area contributed by atoms with E-state index in [9.17, 15) is 31.1 Å². The van der Waals surface area contributed by atoms with Gasteiger partial charge in [0.05, 0.1) is 24.3 Å². The van der Waals surface area contributed by atoms with Crippen LogP contribution in [-0.2, 0) is 17.5 Å². The number of anilines is 1. The van der Waals surface area contributed by atoms with Gasteiger partial charge in [0.1, 0.15) is 23.0 Å². The number of amides is 1. The van der Waals surface area contributed by atoms with E-state index in [1.807, 2.05) is 0 Å². The molecule has 1 N–H and O–H groups in total. The smallest absolute Gasteiger partial charge is 0.325 e. The molecule has 1 aliphatic heterocycles. The van der Waals surface area contributed by atoms with Gasteiger partial charge >= 0.3 is 6.18 Å². The molecule has 1 fully saturated rings. The van der Waals surface area contributed by atoms with Crippen LogP contribution in [0.3, 0.4) is 0 Å². The Hall–Kier alpha value is -5.08. The van der Waals surface area contributed by atoms with E-state index in [1.165, 1.54) is 12.1 Å². The summed E-state index contributed by atoms with van der Waals surface area (Å²) in [5, 5.41) is 7.18. The minimum absolute atomic E-state index is 0.111. The van der Waals surface area contributed by atoms with Crippen molar-refractivity contribution in [3.05, 3.63) is 119 Å². The van der Waals surface area contributed by atoms with Crippen molar-refractivity contribution in [3.8, 4) is 23.1 Å². The summed E-state index contributed by atoms with van der Waals surface area (Å²) in [5.74, 6) is 3.17. The second-order valence-electron chi connectivity index (χ2n) is 12.0. The van der Waals surface area contributed by atoms with Gasteiger partial charge in [-0.1, -0.05) is 49.1 Å². The Balaban J connectivity index is 1.31. The molecule has 246 valence electrons. The van der Waals surface area contributed by atoms with Crippen LogP contribution in [0.1, 0.15) is 42.0 Å². The number of likely N-dealkylation sites (tertiary alicyclic amines) is 1. The number of benzene rings is 4. The van der Waals surface area contributed by atoms with Gasteiger partial charge in [-0.05, 0) is 68.2 Å². The summed E-state index contributed by atoms with van der Waals surface area (Å²) in [6.07, 6.45) is -2.61. The van der Waals surface area contributed by atoms with Crippen LogP contribution in [0.5, 0.6) is 0 Å². The zero-order valence-corrected chi connectivity index (χ0v) is 25.8. The molecular formula is C37H30F6N4O. The second kappa shape index (κ2) is 13.6. The quantitative estimate of drug-likeness (QED) is 0.147. The van der Waals surface area contributed by atoms with Crippen molar-refractivity contribution in [3.63, 3.8) is 0 Å². The number of rotatable bonds is 6. The fourth-order valence-electron chi connectivity index (χ4n) is 5.86. The van der Waals surface area contributed by atoms with Crippen molar-refractivity contribution >= 4 is 22.5 Å². The van der Waals surface area contributed by atoms with Gasteiger partial charge in [0, 0.05) is 45.5 Å². The van der Waals surface area contributed by atoms with Crippen molar-refractivity contribution in [1.82, 2.24) is 14.7 Å². The normalized spacial score (nSPS) is 14.1. The Morgan fingerprint density at radius 2 is 1.54 bits per heavy atom. The number of halogens is 6. The molecule has 11 heteroatoms. The first-order chi connectivity index (χ1) is 22.9. The van der Waals surface area contributed by atoms with Gasteiger partial charge in [-0.25, -0.2) is 13.2 Å². The highest BCUT2D eigenvalue weighted by Gasteiger charge is 2.35. The molecule has 1 amide bonds. The van der Waals surface area contributed by atoms with Crippen molar-refractivity contribution in [1.29, 1.82) is 0 Å². The van der Waals surface area contributed by atoms with Gasteiger partial charge in [0.15, 0.2) is 0 Å². The minimum Gasteiger partial charge on any atom is -0.325 e. The average molecular weight is 661 g/mol. The van der Waals surface area contributed by atoms with E-state index in [4.69, 9.17) is 0 Å². The van der Waals surface area contributed by atoms with Crippen molar-refractivity contribution in [2.75, 3.05) is 25.0 Å². The molecule has 4 aromatic carbocycles. The highest BCUT2D eigenvalue weighted by molar-refractivity contribution is 5.95. The largest absolute Gasteiger partial charge is 0.418 e. The lowest BCUT2D eigenvalue weighted by Gasteiger charge is -2.29. The zero-order valence-electron chi connectivity index (χ0n) is 25.8. The van der Waals surface area contributed by atoms with Crippen LogP contribution >= 0.6 is 0 Å². The summed E-state index contributed by atoms with van der Waals surface area (Å²) in [6.45, 7) is 3.71. The number of alkyl halides is 3. The SMILES string of the molecule is CC1CCN(CC(=O)Nc2cccc(C#Cc3cccc(-c4c5cccc(C(F)(F)F)c5nn4Cc4c(F)cc(F)cc4F)c3)c2)CC1. The molecule has 0 aliphatic carbocycles. The summed E-state index contributed by atoms with van der Waals surface area (Å²) in [5.41, 5.74) is 0.359. The monoisotopic (exact) mass is 660 g/mol. The summed E-state index contributed by atoms with van der Waals surface area (Å²) in [4.78, 5) is 14.8. The van der Waals surface area contributed by atoms with Crippen LogP contribution < -0.4 is 5.32 Å². The molecule has 48 heavy (non-hydrogen) atoms. The highest BCUT2D eigenvalue weighted by Crippen LogP contribution is 2.38.